The molecule has 146 valence electrons. The molecule has 0 saturated heterocycles. The van der Waals surface area contributed by atoms with Crippen LogP contribution in [0.1, 0.15) is 19.2 Å². The highest BCUT2D eigenvalue weighted by molar-refractivity contribution is 7.91. The molecule has 1 amide bonds. The summed E-state index contributed by atoms with van der Waals surface area (Å²) in [6, 6.07) is 11.9. The maximum Gasteiger partial charge on any atom is 0.224 e. The summed E-state index contributed by atoms with van der Waals surface area (Å²) in [5, 5.41) is 2.71. The largest absolute Gasteiger partial charge is 0.441 e. The fraction of sp³-hybridized carbons (Fsp3) is 0.200. The third-order valence-electron chi connectivity index (χ3n) is 4.13. The molecule has 0 aliphatic heterocycles. The van der Waals surface area contributed by atoms with Gasteiger partial charge in [-0.25, -0.2) is 17.8 Å². The Bertz CT molecular complexity index is 1060. The second-order valence-corrected chi connectivity index (χ2v) is 8.38. The van der Waals surface area contributed by atoms with E-state index < -0.39 is 9.84 Å². The van der Waals surface area contributed by atoms with Gasteiger partial charge in [-0.1, -0.05) is 6.92 Å². The minimum absolute atomic E-state index is 0.0226. The summed E-state index contributed by atoms with van der Waals surface area (Å²) in [6.07, 6.45) is 1.99. The monoisotopic (exact) mass is 402 g/mol. The van der Waals surface area contributed by atoms with Crippen LogP contribution in [0.15, 0.2) is 64.0 Å². The molecule has 0 aliphatic rings. The first kappa shape index (κ1) is 19.8. The molecule has 3 aromatic rings. The van der Waals surface area contributed by atoms with Crippen molar-refractivity contribution in [2.75, 3.05) is 11.1 Å². The highest BCUT2D eigenvalue weighted by Crippen LogP contribution is 2.21. The number of carbonyl (C=O) groups excluding carboxylic acids is 1. The smallest absolute Gasteiger partial charge is 0.224 e. The number of halogens is 1. The zero-order valence-corrected chi connectivity index (χ0v) is 16.0. The number of nitrogens with one attached hydrogen (secondary N) is 1. The molecule has 6 nitrogen and oxygen atoms in total. The molecule has 0 aliphatic carbocycles. The van der Waals surface area contributed by atoms with Gasteiger partial charge in [-0.2, -0.15) is 0 Å². The van der Waals surface area contributed by atoms with Crippen molar-refractivity contribution in [2.45, 2.75) is 24.7 Å². The van der Waals surface area contributed by atoms with Gasteiger partial charge in [0.25, 0.3) is 0 Å². The highest BCUT2D eigenvalue weighted by atomic mass is 32.2. The molecule has 0 unspecified atom stereocenters. The van der Waals surface area contributed by atoms with Crippen LogP contribution < -0.4 is 5.32 Å². The normalized spacial score (nSPS) is 11.4. The lowest BCUT2D eigenvalue weighted by Crippen LogP contribution is -2.12. The molecule has 0 atom stereocenters. The number of benzene rings is 2. The zero-order valence-electron chi connectivity index (χ0n) is 15.2. The average molecular weight is 402 g/mol. The van der Waals surface area contributed by atoms with Crippen molar-refractivity contribution in [3.05, 3.63) is 66.4 Å². The Labute approximate surface area is 162 Å². The van der Waals surface area contributed by atoms with E-state index in [-0.39, 0.29) is 28.8 Å². The Morgan fingerprint density at radius 1 is 1.11 bits per heavy atom. The number of sulfone groups is 1. The van der Waals surface area contributed by atoms with Gasteiger partial charge >= 0.3 is 0 Å². The molecule has 1 aromatic heterocycles. The molecule has 0 spiro atoms. The lowest BCUT2D eigenvalue weighted by atomic mass is 10.2. The summed E-state index contributed by atoms with van der Waals surface area (Å²) in [7, 11) is -3.27. The predicted octanol–water partition coefficient (Wildman–Crippen LogP) is 3.85. The van der Waals surface area contributed by atoms with E-state index in [1.807, 2.05) is 0 Å². The third kappa shape index (κ3) is 4.83. The number of anilines is 1. The van der Waals surface area contributed by atoms with Crippen molar-refractivity contribution in [1.82, 2.24) is 4.98 Å². The Kier molecular flexibility index (Phi) is 5.89. The Balaban J connectivity index is 1.55. The Hall–Kier alpha value is -3.00. The van der Waals surface area contributed by atoms with Crippen LogP contribution >= 0.6 is 0 Å². The SMILES string of the molecule is CCS(=O)(=O)c1ccc(NC(=O)CCc2ncc(-c3ccc(F)cc3)o2)cc1. The van der Waals surface area contributed by atoms with Gasteiger partial charge in [0.15, 0.2) is 21.5 Å². The van der Waals surface area contributed by atoms with Crippen LogP contribution in [-0.2, 0) is 21.1 Å². The van der Waals surface area contributed by atoms with Crippen molar-refractivity contribution in [1.29, 1.82) is 0 Å². The van der Waals surface area contributed by atoms with E-state index >= 15 is 0 Å². The van der Waals surface area contributed by atoms with Crippen molar-refractivity contribution in [2.24, 2.45) is 0 Å². The van der Waals surface area contributed by atoms with Crippen LogP contribution in [-0.4, -0.2) is 25.1 Å². The minimum atomic E-state index is -3.27. The molecule has 0 bridgehead atoms. The van der Waals surface area contributed by atoms with Crippen molar-refractivity contribution in [3.63, 3.8) is 0 Å². The number of aryl methyl sites for hydroxylation is 1. The third-order valence-corrected chi connectivity index (χ3v) is 5.88. The van der Waals surface area contributed by atoms with Gasteiger partial charge in [-0.05, 0) is 48.5 Å². The zero-order chi connectivity index (χ0) is 20.1. The van der Waals surface area contributed by atoms with Crippen molar-refractivity contribution < 1.29 is 22.0 Å². The van der Waals surface area contributed by atoms with Gasteiger partial charge in [-0.3, -0.25) is 4.79 Å². The van der Waals surface area contributed by atoms with Gasteiger partial charge in [0.05, 0.1) is 16.8 Å². The van der Waals surface area contributed by atoms with Gasteiger partial charge < -0.3 is 9.73 Å². The molecule has 3 rings (SSSR count). The summed E-state index contributed by atoms with van der Waals surface area (Å²) < 4.78 is 42.2. The first-order chi connectivity index (χ1) is 13.4. The number of hydrogen-bond acceptors (Lipinski definition) is 5. The van der Waals surface area contributed by atoms with Gasteiger partial charge in [0.1, 0.15) is 5.82 Å². The van der Waals surface area contributed by atoms with Crippen molar-refractivity contribution in [3.8, 4) is 11.3 Å². The minimum Gasteiger partial charge on any atom is -0.441 e. The van der Waals surface area contributed by atoms with Crippen LogP contribution in [0.25, 0.3) is 11.3 Å². The fourth-order valence-electron chi connectivity index (χ4n) is 2.53. The summed E-state index contributed by atoms with van der Waals surface area (Å²) in [5.41, 5.74) is 1.21. The lowest BCUT2D eigenvalue weighted by Gasteiger charge is -2.06. The summed E-state index contributed by atoms with van der Waals surface area (Å²) >= 11 is 0. The molecule has 0 fully saturated rings. The number of hydrogen-bond donors (Lipinski definition) is 1. The number of nitrogens with zero attached hydrogens (tertiary/aromatic N) is 1. The quantitative estimate of drug-likeness (QED) is 0.648. The van der Waals surface area contributed by atoms with E-state index in [9.17, 15) is 17.6 Å². The molecule has 2 aromatic carbocycles. The van der Waals surface area contributed by atoms with Crippen LogP contribution in [0.2, 0.25) is 0 Å². The number of rotatable bonds is 7. The van der Waals surface area contributed by atoms with E-state index in [1.165, 1.54) is 30.5 Å². The standard InChI is InChI=1S/C20H19FN2O4S/c1-2-28(25,26)17-9-7-16(8-10-17)23-19(24)11-12-20-22-13-18(27-20)14-3-5-15(21)6-4-14/h3-10,13H,2,11-12H2,1H3,(H,23,24). The van der Waals surface area contributed by atoms with E-state index in [4.69, 9.17) is 4.42 Å². The van der Waals surface area contributed by atoms with Gasteiger partial charge in [-0.15, -0.1) is 0 Å². The van der Waals surface area contributed by atoms with Crippen LogP contribution in [0, 0.1) is 5.82 Å². The summed E-state index contributed by atoms with van der Waals surface area (Å²) in [6.45, 7) is 1.58. The van der Waals surface area contributed by atoms with Gasteiger partial charge in [0.2, 0.25) is 5.91 Å². The molecule has 8 heteroatoms. The predicted molar refractivity (Wildman–Crippen MR) is 103 cm³/mol. The number of amides is 1. The van der Waals surface area contributed by atoms with E-state index in [1.54, 1.807) is 31.2 Å². The Morgan fingerprint density at radius 2 is 1.79 bits per heavy atom. The first-order valence-corrected chi connectivity index (χ1v) is 10.4. The van der Waals surface area contributed by atoms with Crippen molar-refractivity contribution >= 4 is 21.4 Å². The highest BCUT2D eigenvalue weighted by Gasteiger charge is 2.12. The topological polar surface area (TPSA) is 89.3 Å². The summed E-state index contributed by atoms with van der Waals surface area (Å²) in [5.74, 6) is 0.351. The molecule has 0 saturated carbocycles. The van der Waals surface area contributed by atoms with Crippen LogP contribution in [0.4, 0.5) is 10.1 Å². The van der Waals surface area contributed by atoms with E-state index in [0.717, 1.165) is 0 Å². The first-order valence-electron chi connectivity index (χ1n) is 8.70. The maximum atomic E-state index is 13.0. The van der Waals surface area contributed by atoms with Crippen LogP contribution in [0.5, 0.6) is 0 Å². The second-order valence-electron chi connectivity index (χ2n) is 6.10. The molecular weight excluding hydrogens is 383 g/mol. The van der Waals surface area contributed by atoms with Crippen LogP contribution in [0.3, 0.4) is 0 Å². The fourth-order valence-corrected chi connectivity index (χ4v) is 3.41. The van der Waals surface area contributed by atoms with E-state index in [2.05, 4.69) is 10.3 Å². The number of aromatic nitrogens is 1. The lowest BCUT2D eigenvalue weighted by molar-refractivity contribution is -0.116. The number of carbonyl (C=O) groups is 1. The second kappa shape index (κ2) is 8.35. The number of oxazole rings is 1. The van der Waals surface area contributed by atoms with E-state index in [0.29, 0.717) is 29.3 Å². The molecule has 0 radical (unpaired) electrons. The molecular formula is C20H19FN2O4S. The Morgan fingerprint density at radius 3 is 2.43 bits per heavy atom. The molecule has 28 heavy (non-hydrogen) atoms. The average Bonchev–Trinajstić information content (AvgIpc) is 3.16. The molecule has 1 heterocycles. The maximum absolute atomic E-state index is 13.0. The summed E-state index contributed by atoms with van der Waals surface area (Å²) in [4.78, 5) is 16.5. The molecule has 1 N–H and O–H groups in total. The van der Waals surface area contributed by atoms with Gasteiger partial charge in [0, 0.05) is 24.1 Å².